The second-order valence-electron chi connectivity index (χ2n) is 13.5. The lowest BCUT2D eigenvalue weighted by Gasteiger charge is -2.42. The maximum absolute atomic E-state index is 13.9. The maximum Gasteiger partial charge on any atom is 0.270 e. The molecule has 0 spiro atoms. The highest BCUT2D eigenvalue weighted by Gasteiger charge is 2.37. The number of fused-ring (bicyclic) bond motifs is 5. The van der Waals surface area contributed by atoms with E-state index in [2.05, 4.69) is 20.4 Å². The van der Waals surface area contributed by atoms with E-state index in [0.29, 0.717) is 50.7 Å². The zero-order chi connectivity index (χ0) is 31.3. The molecule has 4 aliphatic heterocycles. The largest absolute Gasteiger partial charge is 0.478 e. The van der Waals surface area contributed by atoms with Gasteiger partial charge in [0, 0.05) is 70.3 Å². The number of pyridine rings is 1. The lowest BCUT2D eigenvalue weighted by Crippen LogP contribution is -2.47. The summed E-state index contributed by atoms with van der Waals surface area (Å²) in [7, 11) is 0. The molecule has 0 saturated carbocycles. The molecule has 3 fully saturated rings. The van der Waals surface area contributed by atoms with Gasteiger partial charge in [-0.2, -0.15) is 0 Å². The molecule has 3 saturated heterocycles. The average molecular weight is 621 g/mol. The van der Waals surface area contributed by atoms with Crippen molar-refractivity contribution in [1.29, 1.82) is 0 Å². The molecular formula is C34H48N6O5. The lowest BCUT2D eigenvalue weighted by atomic mass is 9.79. The average Bonchev–Trinajstić information content (AvgIpc) is 3.69. The summed E-state index contributed by atoms with van der Waals surface area (Å²) in [6.07, 6.45) is 6.48. The number of rotatable bonds is 4. The Balaban J connectivity index is 1.19. The van der Waals surface area contributed by atoms with Gasteiger partial charge in [0.1, 0.15) is 11.5 Å². The Morgan fingerprint density at radius 3 is 2.62 bits per heavy atom. The van der Waals surface area contributed by atoms with Crippen LogP contribution in [0.4, 0.5) is 0 Å². The molecule has 2 aromatic heterocycles. The quantitative estimate of drug-likeness (QED) is 0.551. The van der Waals surface area contributed by atoms with Crippen molar-refractivity contribution in [2.75, 3.05) is 52.4 Å². The SMILES string of the molecule is Cc1noc(C)c1CN1CC[C@H]2CC(=O)N3CC[C@@H](CC(=O)N4CCCC4)[C@@H](CCOc4cccc(n4)C(=O)NCC[C@H]2C1)C3. The molecule has 0 unspecified atom stereocenters. The molecule has 11 heteroatoms. The first kappa shape index (κ1) is 31.5. The number of amides is 3. The van der Waals surface area contributed by atoms with Crippen molar-refractivity contribution in [3.63, 3.8) is 0 Å². The fourth-order valence-corrected chi connectivity index (χ4v) is 7.82. The summed E-state index contributed by atoms with van der Waals surface area (Å²) in [5.41, 5.74) is 2.39. The van der Waals surface area contributed by atoms with Crippen LogP contribution in [0.5, 0.6) is 5.88 Å². The van der Waals surface area contributed by atoms with Crippen molar-refractivity contribution in [3.8, 4) is 5.88 Å². The lowest BCUT2D eigenvalue weighted by molar-refractivity contribution is -0.137. The Hall–Kier alpha value is -3.47. The number of hydrogen-bond donors (Lipinski definition) is 1. The molecule has 2 aromatic rings. The third kappa shape index (κ3) is 7.68. The molecule has 6 heterocycles. The van der Waals surface area contributed by atoms with Crippen molar-refractivity contribution in [3.05, 3.63) is 40.9 Å². The van der Waals surface area contributed by atoms with Crippen molar-refractivity contribution in [2.45, 2.75) is 71.8 Å². The van der Waals surface area contributed by atoms with Gasteiger partial charge in [-0.1, -0.05) is 11.2 Å². The first-order valence-electron chi connectivity index (χ1n) is 16.9. The first-order chi connectivity index (χ1) is 21.8. The maximum atomic E-state index is 13.9. The molecule has 0 aromatic carbocycles. The van der Waals surface area contributed by atoms with Crippen LogP contribution in [0.3, 0.4) is 0 Å². The van der Waals surface area contributed by atoms with Gasteiger partial charge in [0.25, 0.3) is 5.91 Å². The van der Waals surface area contributed by atoms with Crippen LogP contribution in [0.2, 0.25) is 0 Å². The fourth-order valence-electron chi connectivity index (χ4n) is 7.82. The summed E-state index contributed by atoms with van der Waals surface area (Å²) in [5.74, 6) is 2.39. The number of hydrogen-bond acceptors (Lipinski definition) is 8. The van der Waals surface area contributed by atoms with E-state index in [1.54, 1.807) is 18.2 Å². The number of nitrogens with zero attached hydrogens (tertiary/aromatic N) is 5. The van der Waals surface area contributed by atoms with Gasteiger partial charge in [-0.3, -0.25) is 19.3 Å². The van der Waals surface area contributed by atoms with Crippen LogP contribution in [0.15, 0.2) is 22.7 Å². The molecule has 1 N–H and O–H groups in total. The number of piperidine rings is 2. The van der Waals surface area contributed by atoms with Gasteiger partial charge in [-0.25, -0.2) is 4.98 Å². The summed E-state index contributed by atoms with van der Waals surface area (Å²) in [5, 5.41) is 7.19. The van der Waals surface area contributed by atoms with Crippen LogP contribution < -0.4 is 10.1 Å². The van der Waals surface area contributed by atoms with Crippen molar-refractivity contribution < 1.29 is 23.6 Å². The van der Waals surface area contributed by atoms with Crippen LogP contribution in [-0.2, 0) is 16.1 Å². The molecule has 244 valence electrons. The molecule has 0 aliphatic carbocycles. The summed E-state index contributed by atoms with van der Waals surface area (Å²) < 4.78 is 11.4. The first-order valence-corrected chi connectivity index (χ1v) is 16.9. The summed E-state index contributed by atoms with van der Waals surface area (Å²) in [6.45, 7) is 10.5. The molecule has 45 heavy (non-hydrogen) atoms. The molecule has 4 bridgehead atoms. The van der Waals surface area contributed by atoms with Gasteiger partial charge in [0.05, 0.1) is 12.3 Å². The number of aromatic nitrogens is 2. The molecule has 0 radical (unpaired) electrons. The summed E-state index contributed by atoms with van der Waals surface area (Å²) in [6, 6.07) is 5.28. The minimum atomic E-state index is -0.219. The van der Waals surface area contributed by atoms with Crippen molar-refractivity contribution in [2.24, 2.45) is 23.7 Å². The monoisotopic (exact) mass is 620 g/mol. The van der Waals surface area contributed by atoms with E-state index in [4.69, 9.17) is 9.26 Å². The van der Waals surface area contributed by atoms with E-state index >= 15 is 0 Å². The predicted molar refractivity (Wildman–Crippen MR) is 167 cm³/mol. The van der Waals surface area contributed by atoms with Gasteiger partial charge < -0.3 is 24.4 Å². The van der Waals surface area contributed by atoms with Crippen LogP contribution in [-0.4, -0.2) is 95.0 Å². The van der Waals surface area contributed by atoms with Gasteiger partial charge in [0.15, 0.2) is 0 Å². The number of ether oxygens (including phenoxy) is 1. The van der Waals surface area contributed by atoms with E-state index < -0.39 is 0 Å². The van der Waals surface area contributed by atoms with Crippen molar-refractivity contribution in [1.82, 2.24) is 30.2 Å². The number of carbonyl (C=O) groups excluding carboxylic acids is 3. The Bertz CT molecular complexity index is 1340. The van der Waals surface area contributed by atoms with Gasteiger partial charge in [0.2, 0.25) is 17.7 Å². The van der Waals surface area contributed by atoms with E-state index in [0.717, 1.165) is 88.3 Å². The predicted octanol–water partition coefficient (Wildman–Crippen LogP) is 3.59. The number of aryl methyl sites for hydroxylation is 2. The van der Waals surface area contributed by atoms with E-state index in [1.165, 1.54) is 0 Å². The summed E-state index contributed by atoms with van der Waals surface area (Å²) in [4.78, 5) is 51.0. The Labute approximate surface area is 266 Å². The number of nitrogens with one attached hydrogen (secondary N) is 1. The minimum Gasteiger partial charge on any atom is -0.478 e. The van der Waals surface area contributed by atoms with E-state index in [1.807, 2.05) is 23.6 Å². The third-order valence-corrected chi connectivity index (χ3v) is 10.6. The Morgan fingerprint density at radius 1 is 0.978 bits per heavy atom. The van der Waals surface area contributed by atoms with Crippen LogP contribution in [0, 0.1) is 37.5 Å². The van der Waals surface area contributed by atoms with Crippen molar-refractivity contribution >= 4 is 17.7 Å². The smallest absolute Gasteiger partial charge is 0.270 e. The molecular weight excluding hydrogens is 572 g/mol. The van der Waals surface area contributed by atoms with E-state index in [9.17, 15) is 14.4 Å². The molecule has 4 atom stereocenters. The number of likely N-dealkylation sites (tertiary alicyclic amines) is 2. The Morgan fingerprint density at radius 2 is 1.82 bits per heavy atom. The standard InChI is InChI=1S/C34H48N6O5/c1-23-29(24(2)45-37-23)22-38-15-9-25-19-33(42)40-16-10-26(18-32(41)39-13-3-4-14-39)28(21-40)11-17-44-31-7-5-6-30(36-31)34(43)35-12-8-27(25)20-38/h5-7,25-28H,3-4,8-22H2,1-2H3,(H,35,43)/t25-,26-,27-,28-/m0/s1. The molecule has 3 amide bonds. The zero-order valence-corrected chi connectivity index (χ0v) is 26.8. The number of carbonyl (C=O) groups is 3. The zero-order valence-electron chi connectivity index (χ0n) is 26.8. The second-order valence-corrected chi connectivity index (χ2v) is 13.5. The van der Waals surface area contributed by atoms with Crippen LogP contribution in [0.1, 0.15) is 78.9 Å². The van der Waals surface area contributed by atoms with Gasteiger partial charge in [-0.15, -0.1) is 0 Å². The highest BCUT2D eigenvalue weighted by molar-refractivity contribution is 5.92. The molecule has 11 nitrogen and oxygen atoms in total. The highest BCUT2D eigenvalue weighted by Crippen LogP contribution is 2.34. The van der Waals surface area contributed by atoms with E-state index in [-0.39, 0.29) is 41.4 Å². The molecule has 4 aliphatic rings. The third-order valence-electron chi connectivity index (χ3n) is 10.6. The van der Waals surface area contributed by atoms with Gasteiger partial charge in [-0.05, 0) is 88.7 Å². The highest BCUT2D eigenvalue weighted by atomic mass is 16.5. The van der Waals surface area contributed by atoms with Crippen LogP contribution >= 0.6 is 0 Å². The fraction of sp³-hybridized carbons (Fsp3) is 0.676. The Kier molecular flexibility index (Phi) is 10.0. The normalized spacial score (nSPS) is 27.0. The minimum absolute atomic E-state index is 0.170. The second kappa shape index (κ2) is 14.3. The topological polar surface area (TPSA) is 121 Å². The summed E-state index contributed by atoms with van der Waals surface area (Å²) >= 11 is 0. The van der Waals surface area contributed by atoms with Crippen LogP contribution in [0.25, 0.3) is 0 Å². The molecule has 6 rings (SSSR count). The van der Waals surface area contributed by atoms with Gasteiger partial charge >= 0.3 is 0 Å².